The monoisotopic (exact) mass is 425 g/mol. The second-order valence-electron chi connectivity index (χ2n) is 8.25. The Morgan fingerprint density at radius 3 is 2.81 bits per heavy atom. The van der Waals surface area contributed by atoms with Gasteiger partial charge in [-0.15, -0.1) is 5.10 Å². The number of hydrogen-bond donors (Lipinski definition) is 0. The van der Waals surface area contributed by atoms with Crippen LogP contribution in [0.5, 0.6) is 0 Å². The van der Waals surface area contributed by atoms with Crippen LogP contribution in [0.1, 0.15) is 43.6 Å². The summed E-state index contributed by atoms with van der Waals surface area (Å²) < 4.78 is 14.9. The Bertz CT molecular complexity index is 1010. The molecule has 166 valence electrons. The Labute approximate surface area is 183 Å². The summed E-state index contributed by atoms with van der Waals surface area (Å²) in [5.74, 6) is 1.82. The maximum absolute atomic E-state index is 5.57. The fourth-order valence-electron chi connectivity index (χ4n) is 3.83. The highest BCUT2D eigenvalue weighted by Gasteiger charge is 2.31. The van der Waals surface area contributed by atoms with Gasteiger partial charge < -0.3 is 14.4 Å². The van der Waals surface area contributed by atoms with Gasteiger partial charge in [0.05, 0.1) is 26.0 Å². The maximum atomic E-state index is 5.57. The number of para-hydroxylation sites is 1. The van der Waals surface area contributed by atoms with Crippen LogP contribution in [0.4, 0.5) is 5.69 Å². The van der Waals surface area contributed by atoms with Crippen LogP contribution in [-0.4, -0.2) is 70.3 Å². The van der Waals surface area contributed by atoms with Gasteiger partial charge in [0.15, 0.2) is 11.6 Å². The minimum absolute atomic E-state index is 0.00567. The molecule has 1 aromatic carbocycles. The van der Waals surface area contributed by atoms with Crippen molar-refractivity contribution in [1.82, 2.24) is 29.8 Å². The average Bonchev–Trinajstić information content (AvgIpc) is 3.51. The molecule has 0 spiro atoms. The lowest BCUT2D eigenvalue weighted by atomic mass is 10.1. The van der Waals surface area contributed by atoms with Gasteiger partial charge in [0, 0.05) is 32.8 Å². The first-order valence-electron chi connectivity index (χ1n) is 10.7. The smallest absolute Gasteiger partial charge is 0.180 e. The molecule has 3 aromatic rings. The van der Waals surface area contributed by atoms with Gasteiger partial charge in [-0.3, -0.25) is 0 Å². The molecule has 1 aliphatic heterocycles. The fraction of sp³-hybridized carbons (Fsp3) is 0.545. The van der Waals surface area contributed by atoms with Crippen molar-refractivity contribution in [1.29, 1.82) is 0 Å². The molecule has 0 amide bonds. The molecule has 31 heavy (non-hydrogen) atoms. The summed E-state index contributed by atoms with van der Waals surface area (Å²) in [6.45, 7) is 6.02. The van der Waals surface area contributed by atoms with Crippen LogP contribution >= 0.6 is 0 Å². The molecule has 0 aliphatic carbocycles. The molecule has 1 unspecified atom stereocenters. The van der Waals surface area contributed by atoms with Crippen LogP contribution in [0.2, 0.25) is 0 Å². The molecule has 3 atom stereocenters. The summed E-state index contributed by atoms with van der Waals surface area (Å²) in [7, 11) is 5.79. The quantitative estimate of drug-likeness (QED) is 0.549. The van der Waals surface area contributed by atoms with E-state index >= 15 is 0 Å². The van der Waals surface area contributed by atoms with Gasteiger partial charge in [-0.05, 0) is 18.1 Å². The van der Waals surface area contributed by atoms with Crippen LogP contribution in [0.25, 0.3) is 11.5 Å². The lowest BCUT2D eigenvalue weighted by Crippen LogP contribution is -2.24. The number of aromatic nitrogens is 6. The highest BCUT2D eigenvalue weighted by molar-refractivity contribution is 5.54. The second kappa shape index (κ2) is 9.15. The van der Waals surface area contributed by atoms with Crippen molar-refractivity contribution in [2.75, 3.05) is 39.3 Å². The van der Waals surface area contributed by atoms with E-state index in [1.165, 1.54) is 5.56 Å². The van der Waals surface area contributed by atoms with Gasteiger partial charge in [0.1, 0.15) is 17.8 Å². The minimum Gasteiger partial charge on any atom is -0.377 e. The Balaban J connectivity index is 1.70. The summed E-state index contributed by atoms with van der Waals surface area (Å²) >= 11 is 0. The molecule has 9 heteroatoms. The third-order valence-electron chi connectivity index (χ3n) is 5.92. The van der Waals surface area contributed by atoms with Crippen LogP contribution in [0.15, 0.2) is 30.5 Å². The third kappa shape index (κ3) is 4.33. The van der Waals surface area contributed by atoms with Gasteiger partial charge in [0.25, 0.3) is 0 Å². The van der Waals surface area contributed by atoms with E-state index in [-0.39, 0.29) is 18.1 Å². The third-order valence-corrected chi connectivity index (χ3v) is 5.92. The van der Waals surface area contributed by atoms with Crippen molar-refractivity contribution in [3.8, 4) is 11.5 Å². The van der Waals surface area contributed by atoms with Crippen LogP contribution in [0, 0.1) is 0 Å². The predicted molar refractivity (Wildman–Crippen MR) is 118 cm³/mol. The SMILES string of the molecule is CCC(C)c1nc(-c2cn([C@@H]3COC[C@H]3OC)nn2)n(Cc2ccccc2N(C)C)n1. The Morgan fingerprint density at radius 1 is 1.26 bits per heavy atom. The standard InChI is InChI=1S/C22H31N7O2/c1-6-15(2)21-23-22(17-12-28(26-24-17)19-13-31-14-20(19)30-5)29(25-21)11-16-9-7-8-10-18(16)27(3)4/h7-10,12,15,19-20H,6,11,13-14H2,1-5H3/t15?,19-,20-/m1/s1. The van der Waals surface area contributed by atoms with Crippen LogP contribution < -0.4 is 4.90 Å². The summed E-state index contributed by atoms with van der Waals surface area (Å²) in [5, 5.41) is 13.6. The van der Waals surface area contributed by atoms with Crippen molar-refractivity contribution < 1.29 is 9.47 Å². The molecule has 9 nitrogen and oxygen atoms in total. The normalized spacial score (nSPS) is 19.6. The van der Waals surface area contributed by atoms with Crippen molar-refractivity contribution in [2.24, 2.45) is 0 Å². The number of hydrogen-bond acceptors (Lipinski definition) is 7. The second-order valence-corrected chi connectivity index (χ2v) is 8.25. The Morgan fingerprint density at radius 2 is 2.06 bits per heavy atom. The van der Waals surface area contributed by atoms with E-state index in [1.54, 1.807) is 7.11 Å². The zero-order valence-electron chi connectivity index (χ0n) is 18.9. The summed E-state index contributed by atoms with van der Waals surface area (Å²) in [4.78, 5) is 6.97. The first-order valence-corrected chi connectivity index (χ1v) is 10.7. The molecule has 1 saturated heterocycles. The molecule has 2 aromatic heterocycles. The first kappa shape index (κ1) is 21.5. The minimum atomic E-state index is -0.0323. The van der Waals surface area contributed by atoms with Gasteiger partial charge in [0.2, 0.25) is 0 Å². The zero-order chi connectivity index (χ0) is 22.0. The van der Waals surface area contributed by atoms with Gasteiger partial charge in [-0.1, -0.05) is 37.3 Å². The summed E-state index contributed by atoms with van der Waals surface area (Å²) in [5.41, 5.74) is 3.03. The highest BCUT2D eigenvalue weighted by atomic mass is 16.5. The molecule has 1 aliphatic rings. The number of methoxy groups -OCH3 is 1. The highest BCUT2D eigenvalue weighted by Crippen LogP contribution is 2.26. The van der Waals surface area contributed by atoms with E-state index < -0.39 is 0 Å². The van der Waals surface area contributed by atoms with E-state index in [0.717, 1.165) is 23.8 Å². The number of benzene rings is 1. The van der Waals surface area contributed by atoms with Crippen molar-refractivity contribution in [2.45, 2.75) is 44.9 Å². The molecule has 0 radical (unpaired) electrons. The molecular weight excluding hydrogens is 394 g/mol. The largest absolute Gasteiger partial charge is 0.377 e. The molecule has 0 N–H and O–H groups in total. The van der Waals surface area contributed by atoms with E-state index in [4.69, 9.17) is 19.6 Å². The lowest BCUT2D eigenvalue weighted by Gasteiger charge is -2.17. The van der Waals surface area contributed by atoms with Crippen molar-refractivity contribution in [3.05, 3.63) is 41.9 Å². The van der Waals surface area contributed by atoms with E-state index in [1.807, 2.05) is 35.7 Å². The number of anilines is 1. The molecule has 0 bridgehead atoms. The molecule has 1 fully saturated rings. The number of nitrogens with zero attached hydrogens (tertiary/aromatic N) is 7. The molecule has 3 heterocycles. The molecular formula is C22H31N7O2. The van der Waals surface area contributed by atoms with Crippen LogP contribution in [0.3, 0.4) is 0 Å². The van der Waals surface area contributed by atoms with Gasteiger partial charge >= 0.3 is 0 Å². The fourth-order valence-corrected chi connectivity index (χ4v) is 3.83. The van der Waals surface area contributed by atoms with Gasteiger partial charge in [-0.25, -0.2) is 14.3 Å². The maximum Gasteiger partial charge on any atom is 0.180 e. The zero-order valence-corrected chi connectivity index (χ0v) is 18.9. The lowest BCUT2D eigenvalue weighted by molar-refractivity contribution is 0.0661. The summed E-state index contributed by atoms with van der Waals surface area (Å²) in [6, 6.07) is 8.34. The predicted octanol–water partition coefficient (Wildman–Crippen LogP) is 2.75. The van der Waals surface area contributed by atoms with Crippen molar-refractivity contribution in [3.63, 3.8) is 0 Å². The molecule has 0 saturated carbocycles. The Kier molecular flexibility index (Phi) is 6.33. The molecule has 4 rings (SSSR count). The average molecular weight is 426 g/mol. The topological polar surface area (TPSA) is 83.1 Å². The van der Waals surface area contributed by atoms with Gasteiger partial charge in [-0.2, -0.15) is 5.10 Å². The number of ether oxygens (including phenoxy) is 2. The van der Waals surface area contributed by atoms with E-state index in [9.17, 15) is 0 Å². The van der Waals surface area contributed by atoms with Crippen LogP contribution in [-0.2, 0) is 16.0 Å². The van der Waals surface area contributed by atoms with Crippen molar-refractivity contribution >= 4 is 5.69 Å². The summed E-state index contributed by atoms with van der Waals surface area (Å²) in [6.07, 6.45) is 2.86. The van der Waals surface area contributed by atoms with E-state index in [0.29, 0.717) is 25.5 Å². The first-order chi connectivity index (χ1) is 15.0. The Hall–Kier alpha value is -2.78. The van der Waals surface area contributed by atoms with E-state index in [2.05, 4.69) is 47.3 Å². The number of rotatable bonds is 8.